The molecule has 0 aromatic heterocycles. The van der Waals surface area contributed by atoms with Gasteiger partial charge in [-0.3, -0.25) is 0 Å². The molecule has 1 heterocycles. The van der Waals surface area contributed by atoms with Gasteiger partial charge in [0.05, 0.1) is 0 Å². The van der Waals surface area contributed by atoms with Crippen LogP contribution < -0.4 is 5.32 Å². The summed E-state index contributed by atoms with van der Waals surface area (Å²) in [6, 6.07) is 3.69. The van der Waals surface area contributed by atoms with Gasteiger partial charge in [-0.15, -0.1) is 0 Å². The van der Waals surface area contributed by atoms with Gasteiger partial charge in [0, 0.05) is 18.7 Å². The maximum Gasteiger partial charge on any atom is 0.148 e. The van der Waals surface area contributed by atoms with Crippen molar-refractivity contribution in [3.8, 4) is 12.1 Å². The topological polar surface area (TPSA) is 59.6 Å². The van der Waals surface area contributed by atoms with E-state index in [-0.39, 0.29) is 5.57 Å². The van der Waals surface area contributed by atoms with Gasteiger partial charge in [-0.1, -0.05) is 12.2 Å². The molecule has 3 nitrogen and oxygen atoms in total. The molecule has 1 aliphatic heterocycles. The van der Waals surface area contributed by atoms with Crippen molar-refractivity contribution in [2.75, 3.05) is 6.54 Å². The molecule has 0 aromatic carbocycles. The molecule has 1 N–H and O–H groups in total. The van der Waals surface area contributed by atoms with Crippen LogP contribution in [0.5, 0.6) is 0 Å². The van der Waals surface area contributed by atoms with E-state index in [1.807, 2.05) is 24.3 Å². The molecule has 0 aromatic rings. The second-order valence-corrected chi connectivity index (χ2v) is 2.13. The van der Waals surface area contributed by atoms with Crippen LogP contribution in [0.1, 0.15) is 6.42 Å². The lowest BCUT2D eigenvalue weighted by Gasteiger charge is -2.10. The predicted molar refractivity (Wildman–Crippen MR) is 40.0 cm³/mol. The summed E-state index contributed by atoms with van der Waals surface area (Å²) in [6.45, 7) is 0.711. The average Bonchev–Trinajstić information content (AvgIpc) is 2.09. The number of nitrogens with zero attached hydrogens (tertiary/aromatic N) is 2. The number of hydrogen-bond acceptors (Lipinski definition) is 3. The molecular formula is C8H7N3. The summed E-state index contributed by atoms with van der Waals surface area (Å²) in [5.74, 6) is 0. The van der Waals surface area contributed by atoms with Crippen LogP contribution in [0.4, 0.5) is 0 Å². The Hall–Kier alpha value is -1.74. The van der Waals surface area contributed by atoms with Crippen molar-refractivity contribution >= 4 is 0 Å². The van der Waals surface area contributed by atoms with E-state index in [0.29, 0.717) is 13.0 Å². The molecule has 54 valence electrons. The molecule has 0 unspecified atom stereocenters. The van der Waals surface area contributed by atoms with Crippen LogP contribution in [0, 0.1) is 22.7 Å². The van der Waals surface area contributed by atoms with Gasteiger partial charge < -0.3 is 5.32 Å². The minimum absolute atomic E-state index is 0.189. The summed E-state index contributed by atoms with van der Waals surface area (Å²) in [4.78, 5) is 0. The van der Waals surface area contributed by atoms with Gasteiger partial charge in [0.2, 0.25) is 0 Å². The number of hydrogen-bond donors (Lipinski definition) is 1. The van der Waals surface area contributed by atoms with E-state index in [9.17, 15) is 0 Å². The molecule has 0 saturated heterocycles. The first-order valence-corrected chi connectivity index (χ1v) is 3.30. The van der Waals surface area contributed by atoms with Crippen LogP contribution in [0.3, 0.4) is 0 Å². The number of allylic oxidation sites excluding steroid dienone is 2. The van der Waals surface area contributed by atoms with Gasteiger partial charge in [-0.25, -0.2) is 0 Å². The van der Waals surface area contributed by atoms with Gasteiger partial charge in [0.1, 0.15) is 17.7 Å². The van der Waals surface area contributed by atoms with Crippen LogP contribution in [0.2, 0.25) is 0 Å². The zero-order valence-corrected chi connectivity index (χ0v) is 5.96. The summed E-state index contributed by atoms with van der Waals surface area (Å²) < 4.78 is 0. The van der Waals surface area contributed by atoms with E-state index in [0.717, 1.165) is 5.70 Å². The normalized spacial score (nSPS) is 14.5. The molecule has 3 heteroatoms. The second-order valence-electron chi connectivity index (χ2n) is 2.13. The molecule has 0 spiro atoms. The fraction of sp³-hybridized carbons (Fsp3) is 0.250. The summed E-state index contributed by atoms with van der Waals surface area (Å²) in [5.41, 5.74) is 0.923. The van der Waals surface area contributed by atoms with E-state index >= 15 is 0 Å². The number of rotatable bonds is 0. The molecule has 0 atom stereocenters. The quantitative estimate of drug-likeness (QED) is 0.406. The molecular weight excluding hydrogens is 138 g/mol. The first-order valence-electron chi connectivity index (χ1n) is 3.30. The standard InChI is InChI=1S/C8H7N3/c9-5-7(6-10)8-3-1-2-4-11-8/h1-2,11H,3-4H2. The summed E-state index contributed by atoms with van der Waals surface area (Å²) in [7, 11) is 0. The molecule has 11 heavy (non-hydrogen) atoms. The van der Waals surface area contributed by atoms with Crippen LogP contribution >= 0.6 is 0 Å². The Kier molecular flexibility index (Phi) is 2.30. The minimum atomic E-state index is 0.189. The Bertz CT molecular complexity index is 269. The van der Waals surface area contributed by atoms with Crippen LogP contribution in [0.25, 0.3) is 0 Å². The van der Waals surface area contributed by atoms with Gasteiger partial charge >= 0.3 is 0 Å². The highest BCUT2D eigenvalue weighted by Crippen LogP contribution is 2.08. The molecule has 0 bridgehead atoms. The first kappa shape index (κ1) is 7.37. The largest absolute Gasteiger partial charge is 0.383 e. The lowest BCUT2D eigenvalue weighted by Crippen LogP contribution is -2.17. The smallest absolute Gasteiger partial charge is 0.148 e. The maximum absolute atomic E-state index is 8.48. The summed E-state index contributed by atoms with van der Waals surface area (Å²) in [5, 5.41) is 19.9. The number of nitrogens with one attached hydrogen (secondary N) is 1. The molecule has 0 radical (unpaired) electrons. The summed E-state index contributed by atoms with van der Waals surface area (Å²) in [6.07, 6.45) is 4.58. The van der Waals surface area contributed by atoms with Gasteiger partial charge in [0.15, 0.2) is 0 Å². The maximum atomic E-state index is 8.48. The molecule has 0 fully saturated rings. The van der Waals surface area contributed by atoms with Gasteiger partial charge in [-0.2, -0.15) is 10.5 Å². The van der Waals surface area contributed by atoms with E-state index < -0.39 is 0 Å². The molecule has 1 aliphatic rings. The average molecular weight is 145 g/mol. The van der Waals surface area contributed by atoms with Crippen molar-refractivity contribution in [2.45, 2.75) is 6.42 Å². The SMILES string of the molecule is N#CC(C#N)=C1CC=CCN1. The summed E-state index contributed by atoms with van der Waals surface area (Å²) >= 11 is 0. The van der Waals surface area contributed by atoms with E-state index in [1.54, 1.807) is 0 Å². The van der Waals surface area contributed by atoms with E-state index in [2.05, 4.69) is 5.32 Å². The lowest BCUT2D eigenvalue weighted by molar-refractivity contribution is 0.832. The Morgan fingerprint density at radius 3 is 2.55 bits per heavy atom. The van der Waals surface area contributed by atoms with Crippen molar-refractivity contribution in [1.29, 1.82) is 10.5 Å². The van der Waals surface area contributed by atoms with E-state index in [4.69, 9.17) is 10.5 Å². The first-order chi connectivity index (χ1) is 5.38. The fourth-order valence-electron chi connectivity index (χ4n) is 0.889. The Morgan fingerprint density at radius 1 is 1.36 bits per heavy atom. The highest BCUT2D eigenvalue weighted by Gasteiger charge is 2.05. The van der Waals surface area contributed by atoms with Crippen LogP contribution in [-0.4, -0.2) is 6.54 Å². The number of nitriles is 2. The molecule has 0 saturated carbocycles. The van der Waals surface area contributed by atoms with E-state index in [1.165, 1.54) is 0 Å². The Labute approximate surface area is 65.2 Å². The third kappa shape index (κ3) is 1.59. The molecule has 1 rings (SSSR count). The minimum Gasteiger partial charge on any atom is -0.383 e. The highest BCUT2D eigenvalue weighted by atomic mass is 14.9. The van der Waals surface area contributed by atoms with Crippen molar-refractivity contribution < 1.29 is 0 Å². The Balaban J connectivity index is 2.89. The molecule has 0 aliphatic carbocycles. The third-order valence-corrected chi connectivity index (χ3v) is 1.45. The molecule has 0 amide bonds. The van der Waals surface area contributed by atoms with Crippen LogP contribution in [0.15, 0.2) is 23.4 Å². The van der Waals surface area contributed by atoms with Crippen molar-refractivity contribution in [1.82, 2.24) is 5.32 Å². The zero-order valence-electron chi connectivity index (χ0n) is 5.96. The lowest BCUT2D eigenvalue weighted by atomic mass is 10.1. The van der Waals surface area contributed by atoms with Crippen molar-refractivity contribution in [3.63, 3.8) is 0 Å². The predicted octanol–water partition coefficient (Wildman–Crippen LogP) is 0.837. The van der Waals surface area contributed by atoms with Crippen molar-refractivity contribution in [2.24, 2.45) is 0 Å². The van der Waals surface area contributed by atoms with Gasteiger partial charge in [-0.05, 0) is 0 Å². The van der Waals surface area contributed by atoms with Crippen LogP contribution in [-0.2, 0) is 0 Å². The fourth-order valence-corrected chi connectivity index (χ4v) is 0.889. The second kappa shape index (κ2) is 3.43. The monoisotopic (exact) mass is 145 g/mol. The Morgan fingerprint density at radius 2 is 2.09 bits per heavy atom. The van der Waals surface area contributed by atoms with Gasteiger partial charge in [0.25, 0.3) is 0 Å². The highest BCUT2D eigenvalue weighted by molar-refractivity contribution is 5.40. The van der Waals surface area contributed by atoms with Crippen molar-refractivity contribution in [3.05, 3.63) is 23.4 Å². The third-order valence-electron chi connectivity index (χ3n) is 1.45. The zero-order chi connectivity index (χ0) is 8.10.